The largest absolute Gasteiger partial charge is 0.497 e. The number of aromatic nitrogens is 1. The lowest BCUT2D eigenvalue weighted by Crippen LogP contribution is -2.48. The highest BCUT2D eigenvalue weighted by atomic mass is 32.2. The van der Waals surface area contributed by atoms with Crippen LogP contribution in [0, 0.1) is 5.92 Å². The average molecular weight is 500 g/mol. The van der Waals surface area contributed by atoms with Crippen LogP contribution < -0.4 is 4.74 Å². The molecule has 0 N–H and O–H groups in total. The normalized spacial score (nSPS) is 22.1. The Labute approximate surface area is 204 Å². The van der Waals surface area contributed by atoms with Crippen molar-refractivity contribution in [2.45, 2.75) is 36.5 Å². The highest BCUT2D eigenvalue weighted by Crippen LogP contribution is 2.34. The predicted molar refractivity (Wildman–Crippen MR) is 133 cm³/mol. The van der Waals surface area contributed by atoms with Crippen LogP contribution >= 0.6 is 11.3 Å². The lowest BCUT2D eigenvalue weighted by Gasteiger charge is -2.37. The van der Waals surface area contributed by atoms with Crippen molar-refractivity contribution in [3.05, 3.63) is 53.5 Å². The molecule has 2 saturated heterocycles. The highest BCUT2D eigenvalue weighted by molar-refractivity contribution is 7.89. The number of hydrogen-bond acceptors (Lipinski definition) is 6. The Hall–Kier alpha value is -2.49. The molecule has 1 amide bonds. The molecule has 2 aromatic carbocycles. The smallest absolute Gasteiger partial charge is 0.243 e. The zero-order chi connectivity index (χ0) is 23.7. The summed E-state index contributed by atoms with van der Waals surface area (Å²) in [6, 6.07) is 14.6. The summed E-state index contributed by atoms with van der Waals surface area (Å²) in [5, 5.41) is 1.09. The van der Waals surface area contributed by atoms with Gasteiger partial charge in [0.05, 0.1) is 33.1 Å². The second-order valence-electron chi connectivity index (χ2n) is 9.02. The first-order chi connectivity index (χ1) is 16.5. The number of carbonyl (C=O) groups excluding carboxylic acids is 1. The SMILES string of the molecule is COc1ccc(S(=O)(=O)N2CCC[C@H](C(=O)N3CCC[C@@H](c4nc5ccccc5s4)C3)C2)cc1. The molecule has 0 bridgehead atoms. The van der Waals surface area contributed by atoms with Crippen LogP contribution in [0.4, 0.5) is 0 Å². The molecule has 5 rings (SSSR count). The molecule has 0 aliphatic carbocycles. The minimum atomic E-state index is -3.65. The van der Waals surface area contributed by atoms with Crippen molar-refractivity contribution in [3.8, 4) is 5.75 Å². The van der Waals surface area contributed by atoms with E-state index in [0.717, 1.165) is 36.3 Å². The van der Waals surface area contributed by atoms with Crippen molar-refractivity contribution in [2.75, 3.05) is 33.3 Å². The van der Waals surface area contributed by atoms with Gasteiger partial charge in [-0.05, 0) is 62.1 Å². The molecular weight excluding hydrogens is 470 g/mol. The quantitative estimate of drug-likeness (QED) is 0.528. The Balaban J connectivity index is 1.28. The van der Waals surface area contributed by atoms with Crippen LogP contribution in [-0.4, -0.2) is 61.8 Å². The molecule has 9 heteroatoms. The highest BCUT2D eigenvalue weighted by Gasteiger charge is 2.36. The minimum Gasteiger partial charge on any atom is -0.497 e. The van der Waals surface area contributed by atoms with Crippen LogP contribution in [0.15, 0.2) is 53.4 Å². The number of likely N-dealkylation sites (tertiary alicyclic amines) is 1. The number of ether oxygens (including phenoxy) is 1. The number of hydrogen-bond donors (Lipinski definition) is 0. The number of thiazole rings is 1. The first kappa shape index (κ1) is 23.3. The summed E-state index contributed by atoms with van der Waals surface area (Å²) in [4.78, 5) is 20.5. The van der Waals surface area contributed by atoms with Crippen molar-refractivity contribution in [1.82, 2.24) is 14.2 Å². The van der Waals surface area contributed by atoms with Gasteiger partial charge >= 0.3 is 0 Å². The molecule has 1 aromatic heterocycles. The molecule has 7 nitrogen and oxygen atoms in total. The average Bonchev–Trinajstić information content (AvgIpc) is 3.33. The first-order valence-electron chi connectivity index (χ1n) is 11.7. The predicted octanol–water partition coefficient (Wildman–Crippen LogP) is 4.11. The van der Waals surface area contributed by atoms with Crippen LogP contribution in [0.25, 0.3) is 10.2 Å². The molecule has 2 aliphatic heterocycles. The van der Waals surface area contributed by atoms with Crippen LogP contribution in [-0.2, 0) is 14.8 Å². The van der Waals surface area contributed by atoms with Gasteiger partial charge in [0.2, 0.25) is 15.9 Å². The van der Waals surface area contributed by atoms with Crippen molar-refractivity contribution in [2.24, 2.45) is 5.92 Å². The fraction of sp³-hybridized carbons (Fsp3) is 0.440. The van der Waals surface area contributed by atoms with Gasteiger partial charge in [0.25, 0.3) is 0 Å². The fourth-order valence-electron chi connectivity index (χ4n) is 4.96. The van der Waals surface area contributed by atoms with E-state index in [1.165, 1.54) is 9.01 Å². The molecule has 0 saturated carbocycles. The van der Waals surface area contributed by atoms with E-state index in [4.69, 9.17) is 9.72 Å². The Morgan fingerprint density at radius 1 is 1.03 bits per heavy atom. The maximum absolute atomic E-state index is 13.5. The topological polar surface area (TPSA) is 79.8 Å². The molecule has 180 valence electrons. The van der Waals surface area contributed by atoms with Gasteiger partial charge in [-0.3, -0.25) is 4.79 Å². The third kappa shape index (κ3) is 4.56. The molecule has 34 heavy (non-hydrogen) atoms. The van der Waals surface area contributed by atoms with E-state index in [-0.39, 0.29) is 29.2 Å². The third-order valence-electron chi connectivity index (χ3n) is 6.82. The summed E-state index contributed by atoms with van der Waals surface area (Å²) in [7, 11) is -2.11. The molecule has 3 aromatic rings. The number of benzene rings is 2. The molecule has 2 atom stereocenters. The van der Waals surface area contributed by atoms with Gasteiger partial charge in [-0.15, -0.1) is 11.3 Å². The van der Waals surface area contributed by atoms with Gasteiger partial charge in [-0.1, -0.05) is 12.1 Å². The Kier molecular flexibility index (Phi) is 6.59. The van der Waals surface area contributed by atoms with Crippen LogP contribution in [0.5, 0.6) is 5.75 Å². The number of para-hydroxylation sites is 1. The zero-order valence-corrected chi connectivity index (χ0v) is 20.9. The second kappa shape index (κ2) is 9.64. The fourth-order valence-corrected chi connectivity index (χ4v) is 7.58. The molecular formula is C25H29N3O4S2. The molecule has 0 radical (unpaired) electrons. The van der Waals surface area contributed by atoms with Gasteiger partial charge in [0.15, 0.2) is 0 Å². The molecule has 2 aliphatic rings. The van der Waals surface area contributed by atoms with Crippen molar-refractivity contribution in [1.29, 1.82) is 0 Å². The number of fused-ring (bicyclic) bond motifs is 1. The summed E-state index contributed by atoms with van der Waals surface area (Å²) in [5.41, 5.74) is 1.01. The number of nitrogens with zero attached hydrogens (tertiary/aromatic N) is 3. The molecule has 0 unspecified atom stereocenters. The van der Waals surface area contributed by atoms with E-state index in [9.17, 15) is 13.2 Å². The molecule has 0 spiro atoms. The lowest BCUT2D eigenvalue weighted by molar-refractivity contribution is -0.137. The Morgan fingerprint density at radius 3 is 2.56 bits per heavy atom. The summed E-state index contributed by atoms with van der Waals surface area (Å²) in [5.74, 6) is 0.604. The van der Waals surface area contributed by atoms with E-state index < -0.39 is 10.0 Å². The van der Waals surface area contributed by atoms with E-state index in [0.29, 0.717) is 25.3 Å². The second-order valence-corrected chi connectivity index (χ2v) is 12.0. The molecule has 2 fully saturated rings. The summed E-state index contributed by atoms with van der Waals surface area (Å²) in [6.07, 6.45) is 3.36. The van der Waals surface area contributed by atoms with Crippen molar-refractivity contribution < 1.29 is 17.9 Å². The van der Waals surface area contributed by atoms with E-state index >= 15 is 0 Å². The van der Waals surface area contributed by atoms with Crippen LogP contribution in [0.3, 0.4) is 0 Å². The van der Waals surface area contributed by atoms with Gasteiger partial charge < -0.3 is 9.64 Å². The summed E-state index contributed by atoms with van der Waals surface area (Å²) in [6.45, 7) is 2.05. The maximum Gasteiger partial charge on any atom is 0.243 e. The number of amides is 1. The van der Waals surface area contributed by atoms with Crippen molar-refractivity contribution in [3.63, 3.8) is 0 Å². The van der Waals surface area contributed by atoms with Crippen LogP contribution in [0.1, 0.15) is 36.6 Å². The monoisotopic (exact) mass is 499 g/mol. The molecule has 3 heterocycles. The van der Waals surface area contributed by atoms with Gasteiger partial charge in [0, 0.05) is 32.1 Å². The Bertz CT molecular complexity index is 1240. The number of piperidine rings is 2. The standard InChI is InChI=1S/C25H29N3O4S2/c1-32-20-10-12-21(13-11-20)34(30,31)28-15-5-7-19(17-28)25(29)27-14-4-6-18(16-27)24-26-22-8-2-3-9-23(22)33-24/h2-3,8-13,18-19H,4-7,14-17H2,1H3/t18-,19+/m1/s1. The number of methoxy groups -OCH3 is 1. The van der Waals surface area contributed by atoms with E-state index in [2.05, 4.69) is 6.07 Å². The van der Waals surface area contributed by atoms with Gasteiger partial charge in [0.1, 0.15) is 5.75 Å². The zero-order valence-electron chi connectivity index (χ0n) is 19.2. The van der Waals surface area contributed by atoms with E-state index in [1.54, 1.807) is 42.7 Å². The van der Waals surface area contributed by atoms with Gasteiger partial charge in [-0.2, -0.15) is 4.31 Å². The number of rotatable bonds is 5. The lowest BCUT2D eigenvalue weighted by atomic mass is 9.94. The number of carbonyl (C=O) groups is 1. The summed E-state index contributed by atoms with van der Waals surface area (Å²) >= 11 is 1.71. The minimum absolute atomic E-state index is 0.0699. The van der Waals surface area contributed by atoms with E-state index in [1.807, 2.05) is 23.1 Å². The summed E-state index contributed by atoms with van der Waals surface area (Å²) < 4.78 is 34.2. The third-order valence-corrected chi connectivity index (χ3v) is 9.90. The van der Waals surface area contributed by atoms with Crippen LogP contribution in [0.2, 0.25) is 0 Å². The maximum atomic E-state index is 13.5. The van der Waals surface area contributed by atoms with Crippen molar-refractivity contribution >= 4 is 37.5 Å². The number of sulfonamides is 1. The Morgan fingerprint density at radius 2 is 1.79 bits per heavy atom. The van der Waals surface area contributed by atoms with Gasteiger partial charge in [-0.25, -0.2) is 13.4 Å². The first-order valence-corrected chi connectivity index (χ1v) is 14.0.